The summed E-state index contributed by atoms with van der Waals surface area (Å²) in [5.74, 6) is -0.524. The number of ether oxygens (including phenoxy) is 2. The number of carbonyl (C=O) groups excluding carboxylic acids is 2. The molecule has 2 atom stereocenters. The molecule has 2 aliphatic rings. The smallest absolute Gasteiger partial charge is 0.327 e. The maximum atomic E-state index is 12.3. The molecule has 6 aromatic rings. The molecule has 18 heteroatoms. The van der Waals surface area contributed by atoms with E-state index in [0.717, 1.165) is 62.3 Å². The molecule has 60 heavy (non-hydrogen) atoms. The van der Waals surface area contributed by atoms with Crippen LogP contribution in [0.4, 0.5) is 0 Å². The molecule has 4 heterocycles. The Kier molecular flexibility index (Phi) is 14.9. The van der Waals surface area contributed by atoms with E-state index < -0.39 is 42.1 Å². The summed E-state index contributed by atoms with van der Waals surface area (Å²) in [5, 5.41) is 5.46. The van der Waals surface area contributed by atoms with Crippen molar-refractivity contribution in [2.45, 2.75) is 47.8 Å². The minimum atomic E-state index is -4.47. The van der Waals surface area contributed by atoms with E-state index in [1.54, 1.807) is 22.7 Å². The molecular formula is C42H40Cl2N2O10S4. The van der Waals surface area contributed by atoms with Crippen molar-refractivity contribution in [2.75, 3.05) is 27.3 Å². The second kappa shape index (κ2) is 19.7. The monoisotopic (exact) mass is 930 g/mol. The number of methoxy groups -OCH3 is 2. The lowest BCUT2D eigenvalue weighted by Gasteiger charge is -2.33. The predicted molar refractivity (Wildman–Crippen MR) is 233 cm³/mol. The standard InChI is InChI=1S/2C16H16ClNO2S.C10H8O6S2/c2*1-20-16(19)15(12-4-2-3-5-13(12)17)18-8-6-14-11(10-18)7-9-21-14;11-17(12,13)9-5-1-3-7-8(9)4-2-6-10(7)18(14,15)16/h2*2-5,7,9,15H,6,8,10H2,1H3;1-6H,(H,11,12,13)(H,14,15,16)/t2*15-;/m00./s1. The van der Waals surface area contributed by atoms with Crippen molar-refractivity contribution in [3.63, 3.8) is 0 Å². The highest BCUT2D eigenvalue weighted by molar-refractivity contribution is 7.86. The van der Waals surface area contributed by atoms with Crippen molar-refractivity contribution in [3.05, 3.63) is 150 Å². The Morgan fingerprint density at radius 1 is 0.600 bits per heavy atom. The fraction of sp³-hybridized carbons (Fsp3) is 0.238. The Balaban J connectivity index is 0.000000152. The molecule has 2 N–H and O–H groups in total. The number of hydrogen-bond acceptors (Lipinski definition) is 12. The first-order valence-electron chi connectivity index (χ1n) is 18.3. The van der Waals surface area contributed by atoms with Crippen molar-refractivity contribution in [3.8, 4) is 0 Å². The van der Waals surface area contributed by atoms with Crippen LogP contribution in [-0.2, 0) is 65.2 Å². The fourth-order valence-corrected chi connectivity index (χ4v) is 10.9. The molecule has 0 saturated heterocycles. The van der Waals surface area contributed by atoms with Gasteiger partial charge in [0, 0.05) is 56.8 Å². The van der Waals surface area contributed by atoms with Gasteiger partial charge in [-0.25, -0.2) is 9.59 Å². The summed E-state index contributed by atoms with van der Waals surface area (Å²) in [6.07, 6.45) is 1.93. The molecule has 0 unspecified atom stereocenters. The van der Waals surface area contributed by atoms with Crippen LogP contribution >= 0.6 is 45.9 Å². The first-order valence-corrected chi connectivity index (χ1v) is 23.7. The summed E-state index contributed by atoms with van der Waals surface area (Å²) in [5.41, 5.74) is 4.22. The molecule has 0 bridgehead atoms. The van der Waals surface area contributed by atoms with Crippen LogP contribution in [0.15, 0.2) is 118 Å². The van der Waals surface area contributed by atoms with Crippen molar-refractivity contribution < 1.29 is 45.0 Å². The highest BCUT2D eigenvalue weighted by atomic mass is 35.5. The Hall–Kier alpha value is -4.20. The number of rotatable bonds is 8. The lowest BCUT2D eigenvalue weighted by Crippen LogP contribution is -2.38. The molecule has 0 fully saturated rings. The number of fused-ring (bicyclic) bond motifs is 3. The second-order valence-corrected chi connectivity index (χ2v) is 19.2. The van der Waals surface area contributed by atoms with E-state index in [4.69, 9.17) is 41.8 Å². The molecule has 0 amide bonds. The van der Waals surface area contributed by atoms with E-state index in [2.05, 4.69) is 32.7 Å². The van der Waals surface area contributed by atoms with Gasteiger partial charge in [0.25, 0.3) is 20.2 Å². The van der Waals surface area contributed by atoms with E-state index in [-0.39, 0.29) is 22.7 Å². The van der Waals surface area contributed by atoms with Gasteiger partial charge in [0.2, 0.25) is 0 Å². The molecule has 0 spiro atoms. The summed E-state index contributed by atoms with van der Waals surface area (Å²) in [7, 11) is -6.09. The van der Waals surface area contributed by atoms with Crippen molar-refractivity contribution in [1.82, 2.24) is 9.80 Å². The summed E-state index contributed by atoms with van der Waals surface area (Å²) in [4.78, 5) is 30.9. The van der Waals surface area contributed by atoms with Crippen LogP contribution in [0.3, 0.4) is 0 Å². The zero-order valence-electron chi connectivity index (χ0n) is 32.2. The van der Waals surface area contributed by atoms with Crippen LogP contribution in [0, 0.1) is 0 Å². The zero-order chi connectivity index (χ0) is 43.2. The lowest BCUT2D eigenvalue weighted by molar-refractivity contribution is -0.148. The van der Waals surface area contributed by atoms with Gasteiger partial charge in [-0.15, -0.1) is 22.7 Å². The van der Waals surface area contributed by atoms with Crippen LogP contribution in [-0.4, -0.2) is 75.0 Å². The van der Waals surface area contributed by atoms with E-state index in [1.165, 1.54) is 59.4 Å². The molecule has 316 valence electrons. The topological polar surface area (TPSA) is 168 Å². The Labute approximate surface area is 366 Å². The van der Waals surface area contributed by atoms with Crippen LogP contribution < -0.4 is 0 Å². The minimum absolute atomic E-state index is 0.0233. The van der Waals surface area contributed by atoms with Gasteiger partial charge in [-0.1, -0.05) is 83.9 Å². The minimum Gasteiger partial charge on any atom is -0.468 e. The zero-order valence-corrected chi connectivity index (χ0v) is 37.0. The molecule has 2 aliphatic heterocycles. The van der Waals surface area contributed by atoms with Crippen molar-refractivity contribution in [2.24, 2.45) is 0 Å². The van der Waals surface area contributed by atoms with E-state index >= 15 is 0 Å². The average molecular weight is 932 g/mol. The Morgan fingerprint density at radius 2 is 0.983 bits per heavy atom. The van der Waals surface area contributed by atoms with Gasteiger partial charge in [-0.2, -0.15) is 16.8 Å². The quantitative estimate of drug-likeness (QED) is 0.110. The molecule has 8 rings (SSSR count). The first-order chi connectivity index (χ1) is 28.6. The number of benzene rings is 4. The highest BCUT2D eigenvalue weighted by Crippen LogP contribution is 2.36. The van der Waals surface area contributed by atoms with Gasteiger partial charge in [0.1, 0.15) is 21.9 Å². The van der Waals surface area contributed by atoms with E-state index in [0.29, 0.717) is 10.0 Å². The SMILES string of the molecule is COC(=O)[C@H](c1ccccc1Cl)N1CCc2sccc2C1.COC(=O)[C@H](c1ccccc1Cl)N1CCc2sccc2C1.O=S(=O)(O)c1cccc2c(S(=O)(=O)O)cccc12. The number of esters is 2. The van der Waals surface area contributed by atoms with Crippen LogP contribution in [0.5, 0.6) is 0 Å². The summed E-state index contributed by atoms with van der Waals surface area (Å²) >= 11 is 16.1. The molecular weight excluding hydrogens is 892 g/mol. The number of carbonyl (C=O) groups is 2. The van der Waals surface area contributed by atoms with Gasteiger partial charge in [-0.3, -0.25) is 18.9 Å². The van der Waals surface area contributed by atoms with Crippen LogP contribution in [0.2, 0.25) is 10.0 Å². The largest absolute Gasteiger partial charge is 0.468 e. The van der Waals surface area contributed by atoms with Crippen LogP contribution in [0.25, 0.3) is 10.8 Å². The molecule has 0 radical (unpaired) electrons. The first kappa shape index (κ1) is 45.3. The van der Waals surface area contributed by atoms with E-state index in [1.807, 2.05) is 48.5 Å². The molecule has 0 saturated carbocycles. The van der Waals surface area contributed by atoms with Gasteiger partial charge in [0.15, 0.2) is 0 Å². The van der Waals surface area contributed by atoms with Crippen molar-refractivity contribution in [1.29, 1.82) is 0 Å². The number of hydrogen-bond donors (Lipinski definition) is 2. The predicted octanol–water partition coefficient (Wildman–Crippen LogP) is 8.68. The van der Waals surface area contributed by atoms with Crippen molar-refractivity contribution >= 4 is 88.8 Å². The van der Waals surface area contributed by atoms with Crippen LogP contribution in [0.1, 0.15) is 44.1 Å². The summed E-state index contributed by atoms with van der Waals surface area (Å²) < 4.78 is 72.7. The maximum Gasteiger partial charge on any atom is 0.327 e. The van der Waals surface area contributed by atoms with Gasteiger partial charge < -0.3 is 9.47 Å². The van der Waals surface area contributed by atoms with Gasteiger partial charge in [-0.05, 0) is 82.3 Å². The number of nitrogens with zero attached hydrogens (tertiary/aromatic N) is 2. The molecule has 4 aromatic carbocycles. The average Bonchev–Trinajstić information content (AvgIpc) is 3.91. The third kappa shape index (κ3) is 10.5. The molecule has 0 aliphatic carbocycles. The normalized spacial score (nSPS) is 15.2. The number of halogens is 2. The highest BCUT2D eigenvalue weighted by Gasteiger charge is 2.34. The fourth-order valence-electron chi connectivity index (χ4n) is 7.25. The Bertz CT molecular complexity index is 2540. The molecule has 2 aromatic heterocycles. The maximum absolute atomic E-state index is 12.3. The summed E-state index contributed by atoms with van der Waals surface area (Å²) in [6.45, 7) is 3.17. The second-order valence-electron chi connectivity index (χ2n) is 13.6. The number of thiophene rings is 2. The third-order valence-corrected chi connectivity index (χ3v) is 14.6. The van der Waals surface area contributed by atoms with Gasteiger partial charge >= 0.3 is 11.9 Å². The van der Waals surface area contributed by atoms with E-state index in [9.17, 15) is 26.4 Å². The molecule has 12 nitrogen and oxygen atoms in total. The van der Waals surface area contributed by atoms with Gasteiger partial charge in [0.05, 0.1) is 14.2 Å². The summed E-state index contributed by atoms with van der Waals surface area (Å²) in [6, 6.07) is 25.8. The lowest BCUT2D eigenvalue weighted by atomic mass is 10.0. The third-order valence-electron chi connectivity index (χ3n) is 10.1. The Morgan fingerprint density at radius 3 is 1.33 bits per heavy atom.